The third kappa shape index (κ3) is 4.22. The van der Waals surface area contributed by atoms with Crippen molar-refractivity contribution < 1.29 is 4.79 Å². The number of carbonyl (C=O) groups is 1. The fourth-order valence-corrected chi connectivity index (χ4v) is 3.04. The van der Waals surface area contributed by atoms with Crippen molar-refractivity contribution in [2.24, 2.45) is 0 Å². The number of H-pyrrole nitrogens is 1. The monoisotopic (exact) mass is 395 g/mol. The Hall–Kier alpha value is -2.28. The van der Waals surface area contributed by atoms with Crippen molar-refractivity contribution in [1.29, 1.82) is 0 Å². The summed E-state index contributed by atoms with van der Waals surface area (Å²) in [6.45, 7) is 0.496. The van der Waals surface area contributed by atoms with Crippen LogP contribution in [0.1, 0.15) is 16.1 Å². The third-order valence-electron chi connectivity index (χ3n) is 3.31. The van der Waals surface area contributed by atoms with Gasteiger partial charge in [0.2, 0.25) is 0 Å². The number of hydrogen-bond acceptors (Lipinski definition) is 4. The van der Waals surface area contributed by atoms with Gasteiger partial charge in [0, 0.05) is 11.6 Å². The molecule has 0 atom stereocenters. The lowest BCUT2D eigenvalue weighted by molar-refractivity contribution is 0.102. The maximum atomic E-state index is 12.5. The molecular formula is C16H12Cl3N5O. The second-order valence-corrected chi connectivity index (χ2v) is 6.31. The molecule has 1 amide bonds. The largest absolute Gasteiger partial charge is 0.362 e. The molecule has 0 unspecified atom stereocenters. The number of carbonyl (C=O) groups excluding carboxylic acids is 1. The van der Waals surface area contributed by atoms with Crippen molar-refractivity contribution in [2.45, 2.75) is 6.54 Å². The zero-order valence-corrected chi connectivity index (χ0v) is 15.0. The van der Waals surface area contributed by atoms with Gasteiger partial charge in [0.1, 0.15) is 0 Å². The average molecular weight is 397 g/mol. The average Bonchev–Trinajstić information content (AvgIpc) is 3.05. The maximum absolute atomic E-state index is 12.5. The number of halogens is 3. The van der Waals surface area contributed by atoms with Crippen LogP contribution >= 0.6 is 34.8 Å². The van der Waals surface area contributed by atoms with Crippen LogP contribution in [0.2, 0.25) is 15.1 Å². The Balaban J connectivity index is 1.75. The zero-order chi connectivity index (χ0) is 17.8. The highest BCUT2D eigenvalue weighted by Gasteiger charge is 2.19. The Morgan fingerprint density at radius 3 is 2.40 bits per heavy atom. The second kappa shape index (κ2) is 7.74. The van der Waals surface area contributed by atoms with Gasteiger partial charge in [-0.25, -0.2) is 0 Å². The molecule has 128 valence electrons. The van der Waals surface area contributed by atoms with Gasteiger partial charge in [-0.05, 0) is 17.7 Å². The highest BCUT2D eigenvalue weighted by atomic mass is 35.5. The van der Waals surface area contributed by atoms with E-state index in [9.17, 15) is 4.79 Å². The van der Waals surface area contributed by atoms with Crippen molar-refractivity contribution in [3.63, 3.8) is 0 Å². The van der Waals surface area contributed by atoms with Crippen molar-refractivity contribution in [2.75, 3.05) is 10.6 Å². The minimum absolute atomic E-state index is 0.0954. The highest BCUT2D eigenvalue weighted by molar-refractivity contribution is 6.42. The van der Waals surface area contributed by atoms with E-state index in [1.54, 1.807) is 0 Å². The van der Waals surface area contributed by atoms with Gasteiger partial charge in [-0.2, -0.15) is 5.21 Å². The van der Waals surface area contributed by atoms with E-state index in [0.717, 1.165) is 5.56 Å². The molecule has 2 aromatic carbocycles. The molecule has 3 aromatic rings. The van der Waals surface area contributed by atoms with Gasteiger partial charge >= 0.3 is 0 Å². The number of aromatic nitrogens is 3. The van der Waals surface area contributed by atoms with E-state index in [1.165, 1.54) is 12.1 Å². The molecule has 0 aliphatic carbocycles. The lowest BCUT2D eigenvalue weighted by atomic mass is 10.2. The summed E-state index contributed by atoms with van der Waals surface area (Å²) in [5.74, 6) is -0.182. The minimum atomic E-state index is -0.504. The van der Waals surface area contributed by atoms with E-state index >= 15 is 0 Å². The number of rotatable bonds is 5. The third-order valence-corrected chi connectivity index (χ3v) is 4.13. The predicted molar refractivity (Wildman–Crippen MR) is 99.6 cm³/mol. The molecule has 0 bridgehead atoms. The van der Waals surface area contributed by atoms with Crippen LogP contribution in [-0.2, 0) is 6.54 Å². The standard InChI is InChI=1S/C16H12Cl3N5O/c17-10-6-11(18)13(12(19)7-10)21-16(25)14-15(23-24-22-14)20-8-9-4-2-1-3-5-9/h1-7H,8H2,(H,21,25)(H2,20,22,23,24). The number of hydrogen-bond donors (Lipinski definition) is 3. The maximum Gasteiger partial charge on any atom is 0.280 e. The lowest BCUT2D eigenvalue weighted by Gasteiger charge is -2.09. The van der Waals surface area contributed by atoms with E-state index in [-0.39, 0.29) is 21.4 Å². The van der Waals surface area contributed by atoms with Gasteiger partial charge in [-0.3, -0.25) is 4.79 Å². The second-order valence-electron chi connectivity index (χ2n) is 5.06. The normalized spacial score (nSPS) is 10.5. The fourth-order valence-electron chi connectivity index (χ4n) is 2.13. The first-order valence-electron chi connectivity index (χ1n) is 7.19. The smallest absolute Gasteiger partial charge is 0.280 e. The molecule has 3 N–H and O–H groups in total. The zero-order valence-electron chi connectivity index (χ0n) is 12.7. The van der Waals surface area contributed by atoms with Gasteiger partial charge < -0.3 is 10.6 Å². The quantitative estimate of drug-likeness (QED) is 0.587. The van der Waals surface area contributed by atoms with Crippen LogP contribution in [0.4, 0.5) is 11.5 Å². The molecule has 3 rings (SSSR count). The summed E-state index contributed by atoms with van der Waals surface area (Å²) >= 11 is 18.0. The minimum Gasteiger partial charge on any atom is -0.362 e. The molecule has 9 heteroatoms. The van der Waals surface area contributed by atoms with Crippen molar-refractivity contribution in [3.05, 3.63) is 68.8 Å². The van der Waals surface area contributed by atoms with Gasteiger partial charge in [-0.15, -0.1) is 10.2 Å². The van der Waals surface area contributed by atoms with E-state index < -0.39 is 5.91 Å². The van der Waals surface area contributed by atoms with Crippen LogP contribution in [0.25, 0.3) is 0 Å². The van der Waals surface area contributed by atoms with E-state index in [1.807, 2.05) is 30.3 Å². The summed E-state index contributed by atoms with van der Waals surface area (Å²) in [7, 11) is 0. The molecule has 1 aromatic heterocycles. The molecule has 0 radical (unpaired) electrons. The molecule has 0 fully saturated rings. The van der Waals surface area contributed by atoms with Gasteiger partial charge in [-0.1, -0.05) is 65.1 Å². The van der Waals surface area contributed by atoms with E-state index in [0.29, 0.717) is 17.4 Å². The fraction of sp³-hybridized carbons (Fsp3) is 0.0625. The Labute approximate surface area is 158 Å². The Bertz CT molecular complexity index is 875. The summed E-state index contributed by atoms with van der Waals surface area (Å²) in [5.41, 5.74) is 1.40. The molecule has 6 nitrogen and oxygen atoms in total. The predicted octanol–water partition coefficient (Wildman–Crippen LogP) is 4.63. The summed E-state index contributed by atoms with van der Waals surface area (Å²) < 4.78 is 0. The molecule has 0 saturated carbocycles. The molecule has 25 heavy (non-hydrogen) atoms. The Morgan fingerprint density at radius 2 is 1.72 bits per heavy atom. The topological polar surface area (TPSA) is 82.7 Å². The Morgan fingerprint density at radius 1 is 1.04 bits per heavy atom. The van der Waals surface area contributed by atoms with Gasteiger partial charge in [0.25, 0.3) is 5.91 Å². The number of benzene rings is 2. The lowest BCUT2D eigenvalue weighted by Crippen LogP contribution is -2.15. The summed E-state index contributed by atoms with van der Waals surface area (Å²) in [6.07, 6.45) is 0. The van der Waals surface area contributed by atoms with Crippen LogP contribution in [-0.4, -0.2) is 21.3 Å². The summed E-state index contributed by atoms with van der Waals surface area (Å²) in [4.78, 5) is 12.5. The van der Waals surface area contributed by atoms with Crippen molar-refractivity contribution in [1.82, 2.24) is 15.4 Å². The molecule has 0 aliphatic heterocycles. The van der Waals surface area contributed by atoms with Crippen LogP contribution in [0.15, 0.2) is 42.5 Å². The number of nitrogens with one attached hydrogen (secondary N) is 3. The molecule has 0 spiro atoms. The molecule has 1 heterocycles. The molecule has 0 aliphatic rings. The van der Waals surface area contributed by atoms with Crippen molar-refractivity contribution >= 4 is 52.2 Å². The summed E-state index contributed by atoms with van der Waals surface area (Å²) in [5, 5.41) is 16.8. The van der Waals surface area contributed by atoms with Crippen LogP contribution < -0.4 is 10.6 Å². The van der Waals surface area contributed by atoms with Crippen molar-refractivity contribution in [3.8, 4) is 0 Å². The number of nitrogens with zero attached hydrogens (tertiary/aromatic N) is 2. The highest BCUT2D eigenvalue weighted by Crippen LogP contribution is 2.34. The summed E-state index contributed by atoms with van der Waals surface area (Å²) in [6, 6.07) is 12.7. The van der Waals surface area contributed by atoms with Gasteiger partial charge in [0.05, 0.1) is 15.7 Å². The molecular weight excluding hydrogens is 385 g/mol. The van der Waals surface area contributed by atoms with E-state index in [4.69, 9.17) is 34.8 Å². The van der Waals surface area contributed by atoms with Crippen LogP contribution in [0, 0.1) is 0 Å². The first kappa shape index (κ1) is 17.5. The SMILES string of the molecule is O=C(Nc1c(Cl)cc(Cl)cc1Cl)c1n[nH]nc1NCc1ccccc1. The molecule has 0 saturated heterocycles. The number of amides is 1. The number of aromatic amines is 1. The first-order chi connectivity index (χ1) is 12.0. The van der Waals surface area contributed by atoms with E-state index in [2.05, 4.69) is 26.0 Å². The van der Waals surface area contributed by atoms with Crippen LogP contribution in [0.5, 0.6) is 0 Å². The first-order valence-corrected chi connectivity index (χ1v) is 8.32. The number of anilines is 2. The van der Waals surface area contributed by atoms with Crippen LogP contribution in [0.3, 0.4) is 0 Å². The van der Waals surface area contributed by atoms with Gasteiger partial charge in [0.15, 0.2) is 11.5 Å². The Kier molecular flexibility index (Phi) is 5.43.